The molecule has 0 aromatic heterocycles. The van der Waals surface area contributed by atoms with Gasteiger partial charge in [0.25, 0.3) is 0 Å². The van der Waals surface area contributed by atoms with Crippen molar-refractivity contribution in [3.05, 3.63) is 35.4 Å². The van der Waals surface area contributed by atoms with Crippen molar-refractivity contribution in [1.29, 1.82) is 0 Å². The lowest BCUT2D eigenvalue weighted by molar-refractivity contribution is -0.137. The first kappa shape index (κ1) is 14.5. The molecule has 6 heteroatoms. The number of nitrogens with one attached hydrogen (secondary N) is 1. The summed E-state index contributed by atoms with van der Waals surface area (Å²) in [6.07, 6.45) is -4.30. The second-order valence-corrected chi connectivity index (χ2v) is 3.90. The molecule has 3 N–H and O–H groups in total. The number of carbonyl (C=O) groups is 1. The molecular weight excluding hydrogens is 245 g/mol. The highest BCUT2D eigenvalue weighted by molar-refractivity contribution is 5.74. The average molecular weight is 260 g/mol. The van der Waals surface area contributed by atoms with Gasteiger partial charge in [-0.1, -0.05) is 19.1 Å². The van der Waals surface area contributed by atoms with Gasteiger partial charge in [0.2, 0.25) is 5.91 Å². The second-order valence-electron chi connectivity index (χ2n) is 3.90. The summed E-state index contributed by atoms with van der Waals surface area (Å²) in [6, 6.07) is 4.37. The summed E-state index contributed by atoms with van der Waals surface area (Å²) in [4.78, 5) is 10.9. The molecule has 0 heterocycles. The van der Waals surface area contributed by atoms with Crippen molar-refractivity contribution in [2.45, 2.75) is 25.6 Å². The quantitative estimate of drug-likeness (QED) is 0.853. The van der Waals surface area contributed by atoms with Crippen LogP contribution < -0.4 is 11.1 Å². The van der Waals surface area contributed by atoms with E-state index in [2.05, 4.69) is 5.32 Å². The van der Waals surface area contributed by atoms with Gasteiger partial charge in [-0.3, -0.25) is 4.79 Å². The largest absolute Gasteiger partial charge is 0.416 e. The van der Waals surface area contributed by atoms with Crippen molar-refractivity contribution in [1.82, 2.24) is 5.32 Å². The molecule has 0 saturated carbocycles. The lowest BCUT2D eigenvalue weighted by Gasteiger charge is -2.17. The highest BCUT2D eigenvalue weighted by atomic mass is 19.4. The molecule has 1 atom stereocenters. The normalized spacial score (nSPS) is 13.3. The summed E-state index contributed by atoms with van der Waals surface area (Å²) >= 11 is 0. The van der Waals surface area contributed by atoms with Gasteiger partial charge in [-0.25, -0.2) is 0 Å². The number of benzene rings is 1. The summed E-state index contributed by atoms with van der Waals surface area (Å²) in [5.74, 6) is -0.499. The third-order valence-electron chi connectivity index (χ3n) is 2.50. The van der Waals surface area contributed by atoms with E-state index in [0.29, 0.717) is 12.1 Å². The van der Waals surface area contributed by atoms with Crippen molar-refractivity contribution >= 4 is 5.91 Å². The first-order chi connectivity index (χ1) is 8.34. The van der Waals surface area contributed by atoms with Crippen molar-refractivity contribution in [2.24, 2.45) is 5.73 Å². The van der Waals surface area contributed by atoms with Crippen LogP contribution in [0.4, 0.5) is 13.2 Å². The van der Waals surface area contributed by atoms with Gasteiger partial charge in [0, 0.05) is 12.5 Å². The summed E-state index contributed by atoms with van der Waals surface area (Å²) in [5, 5.41) is 3.01. The molecule has 0 bridgehead atoms. The van der Waals surface area contributed by atoms with Crippen LogP contribution in [-0.2, 0) is 11.0 Å². The van der Waals surface area contributed by atoms with E-state index >= 15 is 0 Å². The standard InChI is InChI=1S/C12H15F3N2O/c1-2-17-10(7-11(16)18)8-3-5-9(6-4-8)12(13,14)15/h3-6,10,17H,2,7H2,1H3,(H2,16,18). The molecule has 3 nitrogen and oxygen atoms in total. The maximum atomic E-state index is 12.4. The van der Waals surface area contributed by atoms with E-state index in [4.69, 9.17) is 5.73 Å². The van der Waals surface area contributed by atoms with E-state index < -0.39 is 17.6 Å². The molecule has 0 spiro atoms. The van der Waals surface area contributed by atoms with Gasteiger partial charge in [0.15, 0.2) is 0 Å². The maximum absolute atomic E-state index is 12.4. The zero-order chi connectivity index (χ0) is 13.8. The number of amides is 1. The van der Waals surface area contributed by atoms with Crippen LogP contribution in [-0.4, -0.2) is 12.5 Å². The molecule has 0 aliphatic heterocycles. The molecule has 1 rings (SSSR count). The summed E-state index contributed by atoms with van der Waals surface area (Å²) in [7, 11) is 0. The minimum Gasteiger partial charge on any atom is -0.370 e. The van der Waals surface area contributed by atoms with Crippen LogP contribution >= 0.6 is 0 Å². The van der Waals surface area contributed by atoms with Crippen LogP contribution in [0.15, 0.2) is 24.3 Å². The monoisotopic (exact) mass is 260 g/mol. The predicted molar refractivity (Wildman–Crippen MR) is 61.7 cm³/mol. The Morgan fingerprint density at radius 1 is 1.33 bits per heavy atom. The van der Waals surface area contributed by atoms with Crippen LogP contribution in [0.1, 0.15) is 30.5 Å². The smallest absolute Gasteiger partial charge is 0.370 e. The number of hydrogen-bond acceptors (Lipinski definition) is 2. The molecule has 18 heavy (non-hydrogen) atoms. The zero-order valence-corrected chi connectivity index (χ0v) is 9.92. The van der Waals surface area contributed by atoms with Crippen LogP contribution in [0.3, 0.4) is 0 Å². The Labute approximate surface area is 103 Å². The molecule has 100 valence electrons. The summed E-state index contributed by atoms with van der Waals surface area (Å²) < 4.78 is 37.2. The predicted octanol–water partition coefficient (Wildman–Crippen LogP) is 2.23. The van der Waals surface area contributed by atoms with E-state index in [9.17, 15) is 18.0 Å². The number of primary amides is 1. The molecule has 0 radical (unpaired) electrons. The molecule has 0 aliphatic rings. The number of alkyl halides is 3. The fraction of sp³-hybridized carbons (Fsp3) is 0.417. The molecule has 1 aromatic rings. The van der Waals surface area contributed by atoms with Gasteiger partial charge in [0.05, 0.1) is 5.56 Å². The average Bonchev–Trinajstić information content (AvgIpc) is 2.27. The Kier molecular flexibility index (Phi) is 4.72. The van der Waals surface area contributed by atoms with Crippen molar-refractivity contribution in [3.8, 4) is 0 Å². The number of carbonyl (C=O) groups excluding carboxylic acids is 1. The Hall–Kier alpha value is -1.56. The van der Waals surface area contributed by atoms with Gasteiger partial charge in [-0.2, -0.15) is 13.2 Å². The van der Waals surface area contributed by atoms with E-state index in [1.165, 1.54) is 12.1 Å². The Morgan fingerprint density at radius 2 is 1.89 bits per heavy atom. The van der Waals surface area contributed by atoms with E-state index in [1.54, 1.807) is 0 Å². The highest BCUT2D eigenvalue weighted by Gasteiger charge is 2.30. The van der Waals surface area contributed by atoms with Gasteiger partial charge in [-0.05, 0) is 24.2 Å². The third-order valence-corrected chi connectivity index (χ3v) is 2.50. The first-order valence-corrected chi connectivity index (χ1v) is 5.53. The molecular formula is C12H15F3N2O. The number of halogens is 3. The fourth-order valence-corrected chi connectivity index (χ4v) is 1.66. The van der Waals surface area contributed by atoms with Crippen LogP contribution in [0.25, 0.3) is 0 Å². The minimum absolute atomic E-state index is 0.0548. The lowest BCUT2D eigenvalue weighted by atomic mass is 10.0. The topological polar surface area (TPSA) is 55.1 Å². The highest BCUT2D eigenvalue weighted by Crippen LogP contribution is 2.30. The van der Waals surface area contributed by atoms with Crippen LogP contribution in [0, 0.1) is 0 Å². The van der Waals surface area contributed by atoms with E-state index in [1.807, 2.05) is 6.92 Å². The zero-order valence-electron chi connectivity index (χ0n) is 9.92. The second kappa shape index (κ2) is 5.86. The van der Waals surface area contributed by atoms with Gasteiger partial charge >= 0.3 is 6.18 Å². The number of nitrogens with two attached hydrogens (primary N) is 1. The number of hydrogen-bond donors (Lipinski definition) is 2. The third kappa shape index (κ3) is 4.03. The Balaban J connectivity index is 2.90. The molecule has 0 saturated heterocycles. The van der Waals surface area contributed by atoms with Crippen LogP contribution in [0.2, 0.25) is 0 Å². The summed E-state index contributed by atoms with van der Waals surface area (Å²) in [6.45, 7) is 2.44. The first-order valence-electron chi connectivity index (χ1n) is 5.53. The van der Waals surface area contributed by atoms with E-state index in [0.717, 1.165) is 12.1 Å². The lowest BCUT2D eigenvalue weighted by Crippen LogP contribution is -2.26. The van der Waals surface area contributed by atoms with Crippen molar-refractivity contribution in [2.75, 3.05) is 6.54 Å². The van der Waals surface area contributed by atoms with Crippen molar-refractivity contribution in [3.63, 3.8) is 0 Å². The number of rotatable bonds is 5. The Morgan fingerprint density at radius 3 is 2.28 bits per heavy atom. The molecule has 0 aliphatic carbocycles. The minimum atomic E-state index is -4.35. The molecule has 1 unspecified atom stereocenters. The van der Waals surface area contributed by atoms with Gasteiger partial charge in [0.1, 0.15) is 0 Å². The maximum Gasteiger partial charge on any atom is 0.416 e. The molecule has 0 fully saturated rings. The van der Waals surface area contributed by atoms with E-state index in [-0.39, 0.29) is 12.5 Å². The summed E-state index contributed by atoms with van der Waals surface area (Å²) in [5.41, 5.74) is 5.01. The fourth-order valence-electron chi connectivity index (χ4n) is 1.66. The molecule has 1 amide bonds. The molecule has 1 aromatic carbocycles. The van der Waals surface area contributed by atoms with Gasteiger partial charge < -0.3 is 11.1 Å². The van der Waals surface area contributed by atoms with Crippen molar-refractivity contribution < 1.29 is 18.0 Å². The van der Waals surface area contributed by atoms with Gasteiger partial charge in [-0.15, -0.1) is 0 Å². The van der Waals surface area contributed by atoms with Crippen LogP contribution in [0.5, 0.6) is 0 Å². The SMILES string of the molecule is CCNC(CC(N)=O)c1ccc(C(F)(F)F)cc1. The Bertz CT molecular complexity index is 401.